The molecule has 0 spiro atoms. The van der Waals surface area contributed by atoms with E-state index >= 15 is 0 Å². The first-order chi connectivity index (χ1) is 10.3. The van der Waals surface area contributed by atoms with Crippen molar-refractivity contribution >= 4 is 0 Å². The minimum absolute atomic E-state index is 0. The van der Waals surface area contributed by atoms with E-state index in [2.05, 4.69) is 80.6 Å². The quantitative estimate of drug-likeness (QED) is 0.351. The normalized spacial score (nSPS) is 13.9. The van der Waals surface area contributed by atoms with E-state index in [0.717, 1.165) is 0 Å². The van der Waals surface area contributed by atoms with Crippen LogP contribution in [0.1, 0.15) is 30.9 Å². The summed E-state index contributed by atoms with van der Waals surface area (Å²) in [6.07, 6.45) is 8.02. The number of benzene rings is 2. The molecule has 3 heteroatoms. The molecule has 0 saturated carbocycles. The zero-order valence-corrected chi connectivity index (χ0v) is 18.7. The molecule has 4 rings (SSSR count). The van der Waals surface area contributed by atoms with E-state index in [4.69, 9.17) is 0 Å². The molecule has 0 nitrogen and oxygen atoms in total. The van der Waals surface area contributed by atoms with Gasteiger partial charge >= 0.3 is 0 Å². The molecule has 0 fully saturated rings. The molecule has 0 unspecified atom stereocenters. The molecular formula is C21H17Cl2Hf-3. The third-order valence-corrected chi connectivity index (χ3v) is 4.39. The first kappa shape index (κ1) is 21.2. The van der Waals surface area contributed by atoms with Crippen LogP contribution in [0.15, 0.2) is 77.4 Å². The number of halogens is 2. The molecule has 24 heavy (non-hydrogen) atoms. The van der Waals surface area contributed by atoms with Gasteiger partial charge in [0.05, 0.1) is 0 Å². The summed E-state index contributed by atoms with van der Waals surface area (Å²) in [6, 6.07) is 17.5. The molecule has 0 bridgehead atoms. The molecule has 0 atom stereocenters. The minimum atomic E-state index is 0. The summed E-state index contributed by atoms with van der Waals surface area (Å²) >= 11 is 0. The molecule has 0 amide bonds. The Bertz CT molecular complexity index is 782. The zero-order chi connectivity index (χ0) is 14.4. The van der Waals surface area contributed by atoms with Crippen LogP contribution in [0.4, 0.5) is 0 Å². The van der Waals surface area contributed by atoms with Gasteiger partial charge in [-0.2, -0.15) is 17.7 Å². The van der Waals surface area contributed by atoms with Crippen LogP contribution < -0.4 is 24.8 Å². The molecule has 2 aliphatic rings. The van der Waals surface area contributed by atoms with Crippen molar-refractivity contribution in [2.45, 2.75) is 19.8 Å². The smallest absolute Gasteiger partial charge is 0.0175 e. The Morgan fingerprint density at radius 2 is 1.29 bits per heavy atom. The monoisotopic (exact) mass is 519 g/mol. The summed E-state index contributed by atoms with van der Waals surface area (Å²) in [5, 5.41) is 0. The Balaban J connectivity index is 0.000000960. The Morgan fingerprint density at radius 3 is 1.75 bits per heavy atom. The van der Waals surface area contributed by atoms with E-state index < -0.39 is 0 Å². The second-order valence-electron chi connectivity index (χ2n) is 5.93. The van der Waals surface area contributed by atoms with E-state index in [9.17, 15) is 0 Å². The standard InChI is InChI=1S/C21H17.2ClH.Hf/c1-14(2)15-11-12-16(13-15)21-19-9-5-3-7-17(19)18-8-4-6-10-20(18)21;;;/h3-12,21H,1-2H3;2*1H;/q-1;;;/p-2. The van der Waals surface area contributed by atoms with Crippen molar-refractivity contribution in [3.8, 4) is 11.1 Å². The maximum Gasteiger partial charge on any atom is 0.0175 e. The predicted molar refractivity (Wildman–Crippen MR) is 88.0 cm³/mol. The third kappa shape index (κ3) is 3.40. The van der Waals surface area contributed by atoms with Crippen LogP contribution in [0.2, 0.25) is 0 Å². The molecule has 0 radical (unpaired) electrons. The Kier molecular flexibility index (Phi) is 7.46. The van der Waals surface area contributed by atoms with Crippen LogP contribution in [0.3, 0.4) is 0 Å². The molecule has 0 aliphatic heterocycles. The number of hydrogen-bond donors (Lipinski definition) is 0. The molecule has 0 aromatic heterocycles. The average molecular weight is 519 g/mol. The molecule has 2 aromatic carbocycles. The molecule has 0 N–H and O–H groups in total. The summed E-state index contributed by atoms with van der Waals surface area (Å²) in [5.41, 5.74) is 9.37. The zero-order valence-electron chi connectivity index (χ0n) is 13.6. The summed E-state index contributed by atoms with van der Waals surface area (Å²) in [6.45, 7) is 4.29. The second-order valence-corrected chi connectivity index (χ2v) is 5.93. The van der Waals surface area contributed by atoms with E-state index in [-0.39, 0.29) is 50.7 Å². The van der Waals surface area contributed by atoms with Crippen LogP contribution in [0, 0.1) is 6.08 Å². The largest absolute Gasteiger partial charge is 1.00 e. The van der Waals surface area contributed by atoms with E-state index in [1.54, 1.807) is 0 Å². The van der Waals surface area contributed by atoms with Crippen molar-refractivity contribution in [3.05, 3.63) is 94.6 Å². The fourth-order valence-corrected chi connectivity index (χ4v) is 3.36. The Hall–Kier alpha value is -0.890. The maximum atomic E-state index is 3.60. The number of allylic oxidation sites excluding steroid dienone is 6. The van der Waals surface area contributed by atoms with E-state index in [1.807, 2.05) is 0 Å². The molecule has 2 aromatic rings. The van der Waals surface area contributed by atoms with Crippen molar-refractivity contribution in [3.63, 3.8) is 0 Å². The van der Waals surface area contributed by atoms with Gasteiger partial charge in [-0.1, -0.05) is 62.4 Å². The van der Waals surface area contributed by atoms with Crippen molar-refractivity contribution in [1.82, 2.24) is 0 Å². The molecule has 122 valence electrons. The van der Waals surface area contributed by atoms with Gasteiger partial charge in [0.15, 0.2) is 0 Å². The van der Waals surface area contributed by atoms with Crippen molar-refractivity contribution in [2.75, 3.05) is 0 Å². The SMILES string of the molecule is CC(C)=C1[C-]=C(C2c3ccccc3-c3ccccc32)C=C1.[Cl-].[Cl-].[Hf]. The second kappa shape index (κ2) is 8.47. The average Bonchev–Trinajstić information content (AvgIpc) is 3.09. The van der Waals surface area contributed by atoms with Crippen molar-refractivity contribution in [2.24, 2.45) is 0 Å². The van der Waals surface area contributed by atoms with Gasteiger partial charge in [0, 0.05) is 31.8 Å². The molecule has 0 saturated heterocycles. The van der Waals surface area contributed by atoms with Crippen LogP contribution in [0.25, 0.3) is 11.1 Å². The fraction of sp³-hybridized carbons (Fsp3) is 0.143. The predicted octanol–water partition coefficient (Wildman–Crippen LogP) is -0.560. The summed E-state index contributed by atoms with van der Waals surface area (Å²) in [4.78, 5) is 0. The van der Waals surface area contributed by atoms with Gasteiger partial charge in [-0.3, -0.25) is 0 Å². The van der Waals surface area contributed by atoms with Crippen LogP contribution in [0.5, 0.6) is 0 Å². The van der Waals surface area contributed by atoms with Crippen molar-refractivity contribution in [1.29, 1.82) is 0 Å². The van der Waals surface area contributed by atoms with E-state index in [1.165, 1.54) is 39.0 Å². The Morgan fingerprint density at radius 1 is 0.792 bits per heavy atom. The number of rotatable bonds is 1. The van der Waals surface area contributed by atoms with Crippen LogP contribution in [-0.4, -0.2) is 0 Å². The summed E-state index contributed by atoms with van der Waals surface area (Å²) in [5.74, 6) is 0.325. The minimum Gasteiger partial charge on any atom is -1.00 e. The van der Waals surface area contributed by atoms with Gasteiger partial charge in [-0.25, -0.2) is 0 Å². The van der Waals surface area contributed by atoms with E-state index in [0.29, 0.717) is 5.92 Å². The molecule has 2 aliphatic carbocycles. The summed E-state index contributed by atoms with van der Waals surface area (Å²) < 4.78 is 0. The third-order valence-electron chi connectivity index (χ3n) is 4.39. The van der Waals surface area contributed by atoms with Crippen molar-refractivity contribution < 1.29 is 50.7 Å². The van der Waals surface area contributed by atoms with Gasteiger partial charge in [0.25, 0.3) is 0 Å². The van der Waals surface area contributed by atoms with Crippen LogP contribution in [-0.2, 0) is 25.8 Å². The first-order valence-corrected chi connectivity index (χ1v) is 7.43. The van der Waals surface area contributed by atoms with Gasteiger partial charge in [0.2, 0.25) is 0 Å². The molecular weight excluding hydrogens is 502 g/mol. The fourth-order valence-electron chi connectivity index (χ4n) is 3.36. The van der Waals surface area contributed by atoms with Gasteiger partial charge in [-0.05, 0) is 22.3 Å². The van der Waals surface area contributed by atoms with Crippen LogP contribution >= 0.6 is 0 Å². The summed E-state index contributed by atoms with van der Waals surface area (Å²) in [7, 11) is 0. The van der Waals surface area contributed by atoms with Gasteiger partial charge < -0.3 is 24.8 Å². The Labute approximate surface area is 175 Å². The number of hydrogen-bond acceptors (Lipinski definition) is 0. The number of fused-ring (bicyclic) bond motifs is 3. The molecule has 0 heterocycles. The van der Waals surface area contributed by atoms with Gasteiger partial charge in [-0.15, -0.1) is 17.2 Å². The maximum absolute atomic E-state index is 3.60. The van der Waals surface area contributed by atoms with Gasteiger partial charge in [0.1, 0.15) is 0 Å². The first-order valence-electron chi connectivity index (χ1n) is 7.43. The topological polar surface area (TPSA) is 0 Å².